The number of carbonyl (C=O) groups excluding carboxylic acids is 3. The lowest BCUT2D eigenvalue weighted by Gasteiger charge is -2.31. The average molecular weight is 387 g/mol. The first-order valence-electron chi connectivity index (χ1n) is 9.01. The van der Waals surface area contributed by atoms with Crippen LogP contribution in [0.15, 0.2) is 54.6 Å². The molecule has 1 N–H and O–H groups in total. The van der Waals surface area contributed by atoms with Crippen LogP contribution in [0.25, 0.3) is 0 Å². The Morgan fingerprint density at radius 1 is 1.14 bits per heavy atom. The van der Waals surface area contributed by atoms with Gasteiger partial charge in [0, 0.05) is 6.42 Å². The van der Waals surface area contributed by atoms with E-state index in [0.29, 0.717) is 12.0 Å². The van der Waals surface area contributed by atoms with Crippen molar-refractivity contribution in [2.24, 2.45) is 5.92 Å². The molecule has 0 heterocycles. The van der Waals surface area contributed by atoms with Crippen LogP contribution >= 0.6 is 0 Å². The molecular weight excluding hydrogens is 362 g/mol. The van der Waals surface area contributed by atoms with Gasteiger partial charge in [0.2, 0.25) is 0 Å². The predicted octanol–water partition coefficient (Wildman–Crippen LogP) is 3.02. The molecule has 0 radical (unpaired) electrons. The van der Waals surface area contributed by atoms with E-state index < -0.39 is 29.7 Å². The van der Waals surface area contributed by atoms with Crippen LogP contribution in [-0.2, 0) is 19.0 Å². The zero-order chi connectivity index (χ0) is 20.6. The Bertz CT molecular complexity index is 755. The molecule has 28 heavy (non-hydrogen) atoms. The molecule has 0 spiro atoms. The molecule has 0 aliphatic heterocycles. The lowest BCUT2D eigenvalue weighted by Crippen LogP contribution is -2.47. The van der Waals surface area contributed by atoms with E-state index in [1.807, 2.05) is 12.2 Å². The first kappa shape index (κ1) is 21.2. The van der Waals surface area contributed by atoms with E-state index in [4.69, 9.17) is 14.2 Å². The molecule has 1 aromatic carbocycles. The Labute approximate surface area is 164 Å². The number of nitrogens with one attached hydrogen (secondary N) is 1. The molecule has 0 fully saturated rings. The van der Waals surface area contributed by atoms with Gasteiger partial charge in [0.15, 0.2) is 5.60 Å². The molecule has 1 aromatic rings. The number of rotatable bonds is 7. The second-order valence-electron chi connectivity index (χ2n) is 6.78. The molecule has 150 valence electrons. The number of methoxy groups -OCH3 is 1. The molecule has 0 aromatic heterocycles. The van der Waals surface area contributed by atoms with Gasteiger partial charge < -0.3 is 19.5 Å². The van der Waals surface area contributed by atoms with Crippen LogP contribution in [-0.4, -0.2) is 43.4 Å². The van der Waals surface area contributed by atoms with Gasteiger partial charge in [-0.1, -0.05) is 50.3 Å². The van der Waals surface area contributed by atoms with Crippen LogP contribution in [0.4, 0.5) is 4.79 Å². The molecule has 2 rings (SSSR count). The van der Waals surface area contributed by atoms with Crippen molar-refractivity contribution in [3.8, 4) is 0 Å². The molecule has 0 saturated heterocycles. The van der Waals surface area contributed by atoms with Gasteiger partial charge in [-0.2, -0.15) is 0 Å². The van der Waals surface area contributed by atoms with Crippen LogP contribution in [0.3, 0.4) is 0 Å². The largest absolute Gasteiger partial charge is 0.467 e. The van der Waals surface area contributed by atoms with Crippen molar-refractivity contribution < 1.29 is 28.6 Å². The summed E-state index contributed by atoms with van der Waals surface area (Å²) < 4.78 is 15.6. The van der Waals surface area contributed by atoms with E-state index in [1.54, 1.807) is 56.3 Å². The topological polar surface area (TPSA) is 90.9 Å². The quantitative estimate of drug-likeness (QED) is 0.571. The van der Waals surface area contributed by atoms with Crippen molar-refractivity contribution in [2.45, 2.75) is 31.9 Å². The van der Waals surface area contributed by atoms with Crippen LogP contribution in [0.2, 0.25) is 0 Å². The number of benzene rings is 1. The minimum atomic E-state index is -1.11. The molecule has 7 heteroatoms. The third-order valence-electron chi connectivity index (χ3n) is 4.26. The average Bonchev–Trinajstić information content (AvgIpc) is 2.71. The molecule has 7 nitrogen and oxygen atoms in total. The summed E-state index contributed by atoms with van der Waals surface area (Å²) in [6.07, 6.45) is 6.63. The van der Waals surface area contributed by atoms with Crippen molar-refractivity contribution in [2.75, 3.05) is 13.7 Å². The van der Waals surface area contributed by atoms with Crippen LogP contribution in [0, 0.1) is 5.92 Å². The van der Waals surface area contributed by atoms with Crippen LogP contribution < -0.4 is 5.32 Å². The maximum Gasteiger partial charge on any atom is 0.408 e. The van der Waals surface area contributed by atoms with Gasteiger partial charge in [0.1, 0.15) is 12.6 Å². The summed E-state index contributed by atoms with van der Waals surface area (Å²) in [5.74, 6) is -1.25. The molecule has 2 atom stereocenters. The number of ether oxygens (including phenoxy) is 3. The van der Waals surface area contributed by atoms with E-state index in [2.05, 4.69) is 5.32 Å². The number of alkyl carbamates (subject to hydrolysis) is 1. The normalized spacial score (nSPS) is 19.0. The lowest BCUT2D eigenvalue weighted by molar-refractivity contribution is -0.144. The fourth-order valence-corrected chi connectivity index (χ4v) is 2.66. The Morgan fingerprint density at radius 2 is 1.86 bits per heavy atom. The summed E-state index contributed by atoms with van der Waals surface area (Å²) in [5.41, 5.74) is -0.711. The van der Waals surface area contributed by atoms with E-state index >= 15 is 0 Å². The number of amides is 1. The van der Waals surface area contributed by atoms with E-state index in [0.717, 1.165) is 0 Å². The molecule has 1 aliphatic carbocycles. The fraction of sp³-hybridized carbons (Fsp3) is 0.381. The second-order valence-corrected chi connectivity index (χ2v) is 6.78. The highest BCUT2D eigenvalue weighted by Crippen LogP contribution is 2.25. The Kier molecular flexibility index (Phi) is 7.37. The third-order valence-corrected chi connectivity index (χ3v) is 4.26. The van der Waals surface area contributed by atoms with E-state index in [-0.39, 0.29) is 12.5 Å². The molecule has 0 saturated carbocycles. The molecular formula is C21H25NO6. The van der Waals surface area contributed by atoms with E-state index in [9.17, 15) is 14.4 Å². The summed E-state index contributed by atoms with van der Waals surface area (Å²) >= 11 is 0. The number of hydrogen-bond donors (Lipinski definition) is 1. The van der Waals surface area contributed by atoms with Crippen LogP contribution in [0.1, 0.15) is 30.6 Å². The fourth-order valence-electron chi connectivity index (χ4n) is 2.66. The Morgan fingerprint density at radius 3 is 2.43 bits per heavy atom. The van der Waals surface area contributed by atoms with Crippen LogP contribution in [0.5, 0.6) is 0 Å². The van der Waals surface area contributed by atoms with Gasteiger partial charge in [0.25, 0.3) is 0 Å². The van der Waals surface area contributed by atoms with Gasteiger partial charge in [-0.05, 0) is 24.1 Å². The first-order chi connectivity index (χ1) is 13.4. The zero-order valence-corrected chi connectivity index (χ0v) is 16.2. The number of allylic oxidation sites excluding steroid dienone is 2. The monoisotopic (exact) mass is 387 g/mol. The minimum Gasteiger partial charge on any atom is -0.467 e. The SMILES string of the molecule is COC(=O)C(NC(=O)OCC1(OC(=O)c2ccccc2)C=CC=CC1)C(C)C. The summed E-state index contributed by atoms with van der Waals surface area (Å²) in [6.45, 7) is 3.36. The van der Waals surface area contributed by atoms with Gasteiger partial charge in [-0.3, -0.25) is 0 Å². The summed E-state index contributed by atoms with van der Waals surface area (Å²) in [4.78, 5) is 36.4. The second kappa shape index (κ2) is 9.73. The van der Waals surface area contributed by atoms with Crippen molar-refractivity contribution in [1.82, 2.24) is 5.32 Å². The van der Waals surface area contributed by atoms with Gasteiger partial charge in [0.05, 0.1) is 12.7 Å². The van der Waals surface area contributed by atoms with Gasteiger partial charge in [-0.25, -0.2) is 14.4 Å². The molecule has 2 unspecified atom stereocenters. The van der Waals surface area contributed by atoms with Crippen molar-refractivity contribution >= 4 is 18.0 Å². The standard InChI is InChI=1S/C21H25NO6/c1-15(2)17(19(24)26-3)22-20(25)27-14-21(12-8-5-9-13-21)28-18(23)16-10-6-4-7-11-16/h4-12,15,17H,13-14H2,1-3H3,(H,22,25). The van der Waals surface area contributed by atoms with Gasteiger partial charge >= 0.3 is 18.0 Å². The smallest absolute Gasteiger partial charge is 0.408 e. The highest BCUT2D eigenvalue weighted by molar-refractivity contribution is 5.89. The predicted molar refractivity (Wildman–Crippen MR) is 103 cm³/mol. The highest BCUT2D eigenvalue weighted by atomic mass is 16.6. The maximum atomic E-state index is 12.5. The van der Waals surface area contributed by atoms with Gasteiger partial charge in [-0.15, -0.1) is 0 Å². The maximum absolute atomic E-state index is 12.5. The zero-order valence-electron chi connectivity index (χ0n) is 16.2. The number of hydrogen-bond acceptors (Lipinski definition) is 6. The summed E-state index contributed by atoms with van der Waals surface area (Å²) in [6, 6.07) is 7.74. The van der Waals surface area contributed by atoms with Crippen molar-refractivity contribution in [3.63, 3.8) is 0 Å². The van der Waals surface area contributed by atoms with E-state index in [1.165, 1.54) is 7.11 Å². The van der Waals surface area contributed by atoms with Crippen molar-refractivity contribution in [1.29, 1.82) is 0 Å². The van der Waals surface area contributed by atoms with Crippen molar-refractivity contribution in [3.05, 3.63) is 60.2 Å². The lowest BCUT2D eigenvalue weighted by atomic mass is 9.96. The Balaban J connectivity index is 2.03. The molecule has 1 aliphatic rings. The minimum absolute atomic E-state index is 0.178. The Hall–Kier alpha value is -3.09. The first-order valence-corrected chi connectivity index (χ1v) is 9.01. The molecule has 0 bridgehead atoms. The third kappa shape index (κ3) is 5.70. The highest BCUT2D eigenvalue weighted by Gasteiger charge is 2.35. The number of carbonyl (C=O) groups is 3. The summed E-state index contributed by atoms with van der Waals surface area (Å²) in [7, 11) is 1.25. The number of esters is 2. The molecule has 1 amide bonds. The summed E-state index contributed by atoms with van der Waals surface area (Å²) in [5, 5.41) is 2.49.